The van der Waals surface area contributed by atoms with Gasteiger partial charge in [-0.25, -0.2) is 0 Å². The van der Waals surface area contributed by atoms with Crippen LogP contribution in [-0.4, -0.2) is 29.1 Å². The topological polar surface area (TPSA) is 40.5 Å². The van der Waals surface area contributed by atoms with Crippen LogP contribution in [-0.2, 0) is 11.3 Å². The molecule has 98 valence electrons. The zero-order chi connectivity index (χ0) is 13.3. The minimum absolute atomic E-state index is 0.212. The molecule has 18 heavy (non-hydrogen) atoms. The molecule has 2 atom stereocenters. The first-order valence-corrected chi connectivity index (χ1v) is 6.55. The van der Waals surface area contributed by atoms with E-state index in [1.165, 1.54) is 0 Å². The van der Waals surface area contributed by atoms with Crippen molar-refractivity contribution in [1.29, 1.82) is 0 Å². The number of carbonyl (C=O) groups is 1. The van der Waals surface area contributed by atoms with Gasteiger partial charge in [-0.1, -0.05) is 30.7 Å². The predicted octanol–water partition coefficient (Wildman–Crippen LogP) is 2.80. The SMILES string of the molecule is Cc1ccc(CN2CC(C)C(C(=O)O)C2)cc1Cl. The highest BCUT2D eigenvalue weighted by Crippen LogP contribution is 2.25. The Kier molecular flexibility index (Phi) is 3.93. The van der Waals surface area contributed by atoms with Crippen molar-refractivity contribution in [2.45, 2.75) is 20.4 Å². The standard InChI is InChI=1S/C14H18ClNO2/c1-9-3-4-11(5-13(9)15)7-16-6-10(2)12(8-16)14(17)18/h3-5,10,12H,6-8H2,1-2H3,(H,17,18). The number of hydrogen-bond donors (Lipinski definition) is 1. The van der Waals surface area contributed by atoms with Gasteiger partial charge in [-0.3, -0.25) is 9.69 Å². The smallest absolute Gasteiger partial charge is 0.308 e. The summed E-state index contributed by atoms with van der Waals surface area (Å²) in [6.07, 6.45) is 0. The van der Waals surface area contributed by atoms with Crippen molar-refractivity contribution in [2.75, 3.05) is 13.1 Å². The first-order chi connectivity index (χ1) is 8.47. The van der Waals surface area contributed by atoms with Crippen LogP contribution in [0.3, 0.4) is 0 Å². The van der Waals surface area contributed by atoms with Crippen LogP contribution in [0.1, 0.15) is 18.1 Å². The van der Waals surface area contributed by atoms with E-state index in [1.54, 1.807) is 0 Å². The number of rotatable bonds is 3. The molecule has 0 aromatic heterocycles. The fourth-order valence-corrected chi connectivity index (χ4v) is 2.71. The second-order valence-electron chi connectivity index (χ2n) is 5.20. The molecule has 2 unspecified atom stereocenters. The lowest BCUT2D eigenvalue weighted by Crippen LogP contribution is -2.23. The third-order valence-electron chi connectivity index (χ3n) is 3.65. The minimum Gasteiger partial charge on any atom is -0.481 e. The molecule has 4 heteroatoms. The fourth-order valence-electron chi connectivity index (χ4n) is 2.51. The fraction of sp³-hybridized carbons (Fsp3) is 0.500. The Morgan fingerprint density at radius 1 is 1.50 bits per heavy atom. The summed E-state index contributed by atoms with van der Waals surface area (Å²) < 4.78 is 0. The summed E-state index contributed by atoms with van der Waals surface area (Å²) in [5, 5.41) is 9.87. The van der Waals surface area contributed by atoms with Gasteiger partial charge in [-0.2, -0.15) is 0 Å². The maximum absolute atomic E-state index is 11.1. The zero-order valence-corrected chi connectivity index (χ0v) is 11.4. The van der Waals surface area contributed by atoms with Crippen LogP contribution in [0.15, 0.2) is 18.2 Å². The third-order valence-corrected chi connectivity index (χ3v) is 4.05. The van der Waals surface area contributed by atoms with Gasteiger partial charge in [0.05, 0.1) is 5.92 Å². The van der Waals surface area contributed by atoms with Crippen LogP contribution in [0.5, 0.6) is 0 Å². The lowest BCUT2D eigenvalue weighted by molar-refractivity contribution is -0.142. The van der Waals surface area contributed by atoms with Gasteiger partial charge in [-0.05, 0) is 30.0 Å². The van der Waals surface area contributed by atoms with Crippen LogP contribution in [0.2, 0.25) is 5.02 Å². The van der Waals surface area contributed by atoms with Crippen molar-refractivity contribution in [2.24, 2.45) is 11.8 Å². The number of aliphatic carboxylic acids is 1. The molecule has 1 saturated heterocycles. The molecule has 0 spiro atoms. The van der Waals surface area contributed by atoms with Gasteiger partial charge in [-0.15, -0.1) is 0 Å². The Hall–Kier alpha value is -1.06. The van der Waals surface area contributed by atoms with E-state index in [1.807, 2.05) is 26.0 Å². The summed E-state index contributed by atoms with van der Waals surface area (Å²) in [5.74, 6) is -0.721. The van der Waals surface area contributed by atoms with Gasteiger partial charge >= 0.3 is 5.97 Å². The molecule has 1 aromatic rings. The van der Waals surface area contributed by atoms with E-state index in [9.17, 15) is 4.79 Å². The molecule has 1 aliphatic rings. The molecular formula is C14H18ClNO2. The van der Waals surface area contributed by atoms with Gasteiger partial charge in [0.15, 0.2) is 0 Å². The summed E-state index contributed by atoms with van der Waals surface area (Å²) in [5.41, 5.74) is 2.21. The van der Waals surface area contributed by atoms with Gasteiger partial charge < -0.3 is 5.11 Å². The summed E-state index contributed by atoms with van der Waals surface area (Å²) in [6, 6.07) is 6.03. The van der Waals surface area contributed by atoms with Crippen molar-refractivity contribution in [1.82, 2.24) is 4.90 Å². The predicted molar refractivity (Wildman–Crippen MR) is 71.8 cm³/mol. The second-order valence-corrected chi connectivity index (χ2v) is 5.61. The van der Waals surface area contributed by atoms with Gasteiger partial charge in [0, 0.05) is 24.7 Å². The molecule has 3 nitrogen and oxygen atoms in total. The van der Waals surface area contributed by atoms with E-state index >= 15 is 0 Å². The molecule has 1 aliphatic heterocycles. The lowest BCUT2D eigenvalue weighted by atomic mass is 9.99. The van der Waals surface area contributed by atoms with E-state index in [4.69, 9.17) is 16.7 Å². The monoisotopic (exact) mass is 267 g/mol. The Morgan fingerprint density at radius 2 is 2.22 bits per heavy atom. The molecule has 0 amide bonds. The number of carboxylic acid groups (broad SMARTS) is 1. The number of hydrogen-bond acceptors (Lipinski definition) is 2. The van der Waals surface area contributed by atoms with E-state index < -0.39 is 5.97 Å². The van der Waals surface area contributed by atoms with Crippen LogP contribution in [0.4, 0.5) is 0 Å². The third kappa shape index (κ3) is 2.85. The average molecular weight is 268 g/mol. The highest BCUT2D eigenvalue weighted by atomic mass is 35.5. The van der Waals surface area contributed by atoms with Crippen LogP contribution >= 0.6 is 11.6 Å². The van der Waals surface area contributed by atoms with E-state index in [0.717, 1.165) is 29.2 Å². The van der Waals surface area contributed by atoms with E-state index in [-0.39, 0.29) is 11.8 Å². The van der Waals surface area contributed by atoms with Gasteiger partial charge in [0.1, 0.15) is 0 Å². The Morgan fingerprint density at radius 3 is 2.78 bits per heavy atom. The first kappa shape index (κ1) is 13.4. The number of halogens is 1. The van der Waals surface area contributed by atoms with E-state index in [0.29, 0.717) is 6.54 Å². The maximum Gasteiger partial charge on any atom is 0.308 e. The number of aryl methyl sites for hydroxylation is 1. The molecule has 0 radical (unpaired) electrons. The van der Waals surface area contributed by atoms with E-state index in [2.05, 4.69) is 11.0 Å². The quantitative estimate of drug-likeness (QED) is 0.916. The summed E-state index contributed by atoms with van der Waals surface area (Å²) in [4.78, 5) is 13.2. The van der Waals surface area contributed by atoms with Crippen molar-refractivity contribution < 1.29 is 9.90 Å². The summed E-state index contributed by atoms with van der Waals surface area (Å²) >= 11 is 6.09. The second kappa shape index (κ2) is 5.29. The van der Waals surface area contributed by atoms with Crippen LogP contribution < -0.4 is 0 Å². The van der Waals surface area contributed by atoms with Crippen LogP contribution in [0, 0.1) is 18.8 Å². The molecule has 0 aliphatic carbocycles. The maximum atomic E-state index is 11.1. The largest absolute Gasteiger partial charge is 0.481 e. The zero-order valence-electron chi connectivity index (χ0n) is 10.7. The minimum atomic E-state index is -0.688. The number of benzene rings is 1. The molecule has 1 fully saturated rings. The van der Waals surface area contributed by atoms with Gasteiger partial charge in [0.25, 0.3) is 0 Å². The number of likely N-dealkylation sites (tertiary alicyclic amines) is 1. The van der Waals surface area contributed by atoms with Crippen molar-refractivity contribution in [3.8, 4) is 0 Å². The Balaban J connectivity index is 2.03. The molecule has 0 bridgehead atoms. The normalized spacial score (nSPS) is 24.4. The summed E-state index contributed by atoms with van der Waals surface area (Å²) in [6.45, 7) is 6.21. The molecule has 0 saturated carbocycles. The van der Waals surface area contributed by atoms with Crippen molar-refractivity contribution in [3.05, 3.63) is 34.3 Å². The molecule has 1 aromatic carbocycles. The molecular weight excluding hydrogens is 250 g/mol. The summed E-state index contributed by atoms with van der Waals surface area (Å²) in [7, 11) is 0. The van der Waals surface area contributed by atoms with Crippen LogP contribution in [0.25, 0.3) is 0 Å². The lowest BCUT2D eigenvalue weighted by Gasteiger charge is -2.15. The Bertz CT molecular complexity index is 461. The van der Waals surface area contributed by atoms with Crippen molar-refractivity contribution in [3.63, 3.8) is 0 Å². The van der Waals surface area contributed by atoms with Gasteiger partial charge in [0.2, 0.25) is 0 Å². The molecule has 1 heterocycles. The van der Waals surface area contributed by atoms with Crippen molar-refractivity contribution >= 4 is 17.6 Å². The average Bonchev–Trinajstić information content (AvgIpc) is 2.65. The molecule has 1 N–H and O–H groups in total. The molecule has 2 rings (SSSR count). The Labute approximate surface area is 112 Å². The highest BCUT2D eigenvalue weighted by molar-refractivity contribution is 6.31. The first-order valence-electron chi connectivity index (χ1n) is 6.17. The number of carboxylic acids is 1. The number of nitrogens with zero attached hydrogens (tertiary/aromatic N) is 1. The highest BCUT2D eigenvalue weighted by Gasteiger charge is 2.34.